The van der Waals surface area contributed by atoms with Gasteiger partial charge in [-0.15, -0.1) is 0 Å². The second-order valence-corrected chi connectivity index (χ2v) is 6.58. The molecule has 2 saturated heterocycles. The highest BCUT2D eigenvalue weighted by molar-refractivity contribution is 4.81. The van der Waals surface area contributed by atoms with Crippen molar-refractivity contribution in [2.75, 3.05) is 39.8 Å². The highest BCUT2D eigenvalue weighted by atomic mass is 15.2. The predicted octanol–water partition coefficient (Wildman–Crippen LogP) is 1.79. The van der Waals surface area contributed by atoms with Crippen LogP contribution in [0.5, 0.6) is 0 Å². The van der Waals surface area contributed by atoms with Gasteiger partial charge in [0, 0.05) is 18.6 Å². The van der Waals surface area contributed by atoms with Crippen molar-refractivity contribution in [1.29, 1.82) is 0 Å². The van der Waals surface area contributed by atoms with Gasteiger partial charge in [-0.3, -0.25) is 0 Å². The molecule has 1 atom stereocenters. The summed E-state index contributed by atoms with van der Waals surface area (Å²) in [6, 6.07) is 1.49. The molecule has 0 spiro atoms. The van der Waals surface area contributed by atoms with Crippen LogP contribution in [0.3, 0.4) is 0 Å². The monoisotopic (exact) mass is 253 g/mol. The predicted molar refractivity (Wildman–Crippen MR) is 78.0 cm³/mol. The van der Waals surface area contributed by atoms with Gasteiger partial charge >= 0.3 is 0 Å². The summed E-state index contributed by atoms with van der Waals surface area (Å²) in [5.74, 6) is 0.881. The van der Waals surface area contributed by atoms with Crippen molar-refractivity contribution in [1.82, 2.24) is 15.1 Å². The van der Waals surface area contributed by atoms with E-state index in [1.165, 1.54) is 58.4 Å². The molecule has 0 aliphatic carbocycles. The first kappa shape index (κ1) is 14.3. The average molecular weight is 253 g/mol. The van der Waals surface area contributed by atoms with E-state index in [9.17, 15) is 0 Å². The fourth-order valence-electron chi connectivity index (χ4n) is 3.39. The molecule has 2 aliphatic rings. The zero-order chi connectivity index (χ0) is 13.0. The molecule has 2 fully saturated rings. The summed E-state index contributed by atoms with van der Waals surface area (Å²) in [5, 5.41) is 3.82. The summed E-state index contributed by atoms with van der Waals surface area (Å²) in [7, 11) is 2.26. The van der Waals surface area contributed by atoms with Gasteiger partial charge in [-0.25, -0.2) is 0 Å². The first-order valence-corrected chi connectivity index (χ1v) is 7.81. The number of likely N-dealkylation sites (tertiary alicyclic amines) is 2. The first-order chi connectivity index (χ1) is 8.65. The molecule has 106 valence electrons. The summed E-state index contributed by atoms with van der Waals surface area (Å²) in [6.07, 6.45) is 5.47. The van der Waals surface area contributed by atoms with Crippen LogP contribution < -0.4 is 5.32 Å². The van der Waals surface area contributed by atoms with Crippen molar-refractivity contribution < 1.29 is 0 Å². The largest absolute Gasteiger partial charge is 0.314 e. The van der Waals surface area contributed by atoms with Crippen LogP contribution in [-0.2, 0) is 0 Å². The Kier molecular flexibility index (Phi) is 5.46. The van der Waals surface area contributed by atoms with Crippen molar-refractivity contribution in [3.8, 4) is 0 Å². The zero-order valence-electron chi connectivity index (χ0n) is 12.5. The van der Waals surface area contributed by atoms with Gasteiger partial charge in [-0.1, -0.05) is 0 Å². The Morgan fingerprint density at radius 1 is 1.11 bits per heavy atom. The second kappa shape index (κ2) is 6.88. The Morgan fingerprint density at radius 3 is 2.44 bits per heavy atom. The Balaban J connectivity index is 1.63. The topological polar surface area (TPSA) is 18.5 Å². The molecule has 3 nitrogen and oxygen atoms in total. The molecule has 0 saturated carbocycles. The smallest absolute Gasteiger partial charge is 0.00915 e. The van der Waals surface area contributed by atoms with Gasteiger partial charge in [0.1, 0.15) is 0 Å². The Bertz CT molecular complexity index is 234. The van der Waals surface area contributed by atoms with Gasteiger partial charge < -0.3 is 15.1 Å². The third-order valence-corrected chi connectivity index (χ3v) is 4.68. The third-order valence-electron chi connectivity index (χ3n) is 4.68. The highest BCUT2D eigenvalue weighted by Gasteiger charge is 2.22. The summed E-state index contributed by atoms with van der Waals surface area (Å²) >= 11 is 0. The molecule has 0 amide bonds. The van der Waals surface area contributed by atoms with Crippen LogP contribution in [0.1, 0.15) is 39.5 Å². The molecule has 0 bridgehead atoms. The van der Waals surface area contributed by atoms with Crippen molar-refractivity contribution in [3.63, 3.8) is 0 Å². The lowest BCUT2D eigenvalue weighted by molar-refractivity contribution is 0.151. The molecule has 0 aromatic heterocycles. The maximum atomic E-state index is 3.82. The lowest BCUT2D eigenvalue weighted by Gasteiger charge is -2.36. The van der Waals surface area contributed by atoms with E-state index in [-0.39, 0.29) is 0 Å². The van der Waals surface area contributed by atoms with Gasteiger partial charge in [0.2, 0.25) is 0 Å². The summed E-state index contributed by atoms with van der Waals surface area (Å²) in [4.78, 5) is 5.09. The number of hydrogen-bond donors (Lipinski definition) is 1. The van der Waals surface area contributed by atoms with Crippen molar-refractivity contribution in [3.05, 3.63) is 0 Å². The first-order valence-electron chi connectivity index (χ1n) is 7.81. The summed E-state index contributed by atoms with van der Waals surface area (Å²) in [5.41, 5.74) is 0. The molecular formula is C15H31N3. The second-order valence-electron chi connectivity index (χ2n) is 6.58. The van der Waals surface area contributed by atoms with E-state index in [2.05, 4.69) is 36.0 Å². The van der Waals surface area contributed by atoms with E-state index in [0.29, 0.717) is 0 Å². The molecule has 0 aromatic rings. The molecule has 2 aliphatic heterocycles. The van der Waals surface area contributed by atoms with E-state index in [0.717, 1.165) is 18.0 Å². The van der Waals surface area contributed by atoms with E-state index in [4.69, 9.17) is 0 Å². The van der Waals surface area contributed by atoms with E-state index in [1.807, 2.05) is 0 Å². The quantitative estimate of drug-likeness (QED) is 0.824. The molecule has 2 rings (SSSR count). The van der Waals surface area contributed by atoms with Crippen LogP contribution in [0.15, 0.2) is 0 Å². The van der Waals surface area contributed by atoms with Crippen LogP contribution in [0, 0.1) is 5.92 Å². The lowest BCUT2D eigenvalue weighted by Crippen LogP contribution is -2.47. The van der Waals surface area contributed by atoms with Crippen LogP contribution in [0.4, 0.5) is 0 Å². The molecule has 0 aromatic carbocycles. The normalized spacial score (nSPS) is 29.0. The number of hydrogen-bond acceptors (Lipinski definition) is 3. The molecule has 1 N–H and O–H groups in total. The highest BCUT2D eigenvalue weighted by Crippen LogP contribution is 2.16. The average Bonchev–Trinajstić information content (AvgIpc) is 2.37. The van der Waals surface area contributed by atoms with E-state index >= 15 is 0 Å². The minimum absolute atomic E-state index is 0.720. The molecular weight excluding hydrogens is 222 g/mol. The van der Waals surface area contributed by atoms with E-state index in [1.54, 1.807) is 0 Å². The van der Waals surface area contributed by atoms with E-state index < -0.39 is 0 Å². The number of piperidine rings is 2. The molecule has 18 heavy (non-hydrogen) atoms. The maximum Gasteiger partial charge on any atom is 0.00915 e. The van der Waals surface area contributed by atoms with Gasteiger partial charge in [-0.05, 0) is 78.7 Å². The van der Waals surface area contributed by atoms with Gasteiger partial charge in [0.25, 0.3) is 0 Å². The minimum Gasteiger partial charge on any atom is -0.314 e. The van der Waals surface area contributed by atoms with Gasteiger partial charge in [-0.2, -0.15) is 0 Å². The van der Waals surface area contributed by atoms with Gasteiger partial charge in [0.05, 0.1) is 0 Å². The Labute approximate surface area is 113 Å². The summed E-state index contributed by atoms with van der Waals surface area (Å²) in [6.45, 7) is 11.0. The molecule has 1 unspecified atom stereocenters. The van der Waals surface area contributed by atoms with Crippen LogP contribution in [0.25, 0.3) is 0 Å². The van der Waals surface area contributed by atoms with Crippen molar-refractivity contribution in [2.45, 2.75) is 51.6 Å². The van der Waals surface area contributed by atoms with Crippen LogP contribution in [0.2, 0.25) is 0 Å². The SMILES string of the molecule is CC(C)N1CCC(NCC2CCCN(C)C2)CC1. The van der Waals surface area contributed by atoms with Crippen LogP contribution in [-0.4, -0.2) is 61.7 Å². The molecule has 0 radical (unpaired) electrons. The number of nitrogens with zero attached hydrogens (tertiary/aromatic N) is 2. The minimum atomic E-state index is 0.720. The number of rotatable bonds is 4. The third kappa shape index (κ3) is 4.22. The summed E-state index contributed by atoms with van der Waals surface area (Å²) < 4.78 is 0. The maximum absolute atomic E-state index is 3.82. The Morgan fingerprint density at radius 2 is 1.83 bits per heavy atom. The number of nitrogens with one attached hydrogen (secondary N) is 1. The fraction of sp³-hybridized carbons (Fsp3) is 1.00. The molecule has 3 heteroatoms. The van der Waals surface area contributed by atoms with Crippen LogP contribution >= 0.6 is 0 Å². The fourth-order valence-corrected chi connectivity index (χ4v) is 3.39. The lowest BCUT2D eigenvalue weighted by atomic mass is 9.97. The van der Waals surface area contributed by atoms with Gasteiger partial charge in [0.15, 0.2) is 0 Å². The van der Waals surface area contributed by atoms with Crippen molar-refractivity contribution in [2.24, 2.45) is 5.92 Å². The zero-order valence-corrected chi connectivity index (χ0v) is 12.5. The van der Waals surface area contributed by atoms with Crippen molar-refractivity contribution >= 4 is 0 Å². The molecule has 2 heterocycles. The standard InChI is InChI=1S/C15H31N3/c1-13(2)18-9-6-15(7-10-18)16-11-14-5-4-8-17(3)12-14/h13-16H,4-12H2,1-3H3. The Hall–Kier alpha value is -0.120.